The molecule has 0 saturated carbocycles. The molecule has 0 aromatic rings. The molecule has 0 N–H and O–H groups in total. The molecular formula is C8H15BrO. The fourth-order valence-electron chi connectivity index (χ4n) is 0.834. The van der Waals surface area contributed by atoms with Gasteiger partial charge in [0.1, 0.15) is 6.29 Å². The lowest BCUT2D eigenvalue weighted by molar-refractivity contribution is -0.107. The lowest BCUT2D eigenvalue weighted by Crippen LogP contribution is -1.97. The van der Waals surface area contributed by atoms with Gasteiger partial charge in [-0.3, -0.25) is 0 Å². The van der Waals surface area contributed by atoms with Crippen LogP contribution in [0.5, 0.6) is 0 Å². The summed E-state index contributed by atoms with van der Waals surface area (Å²) in [4.78, 5) is 10.2. The van der Waals surface area contributed by atoms with Crippen molar-refractivity contribution in [3.63, 3.8) is 0 Å². The van der Waals surface area contributed by atoms with Gasteiger partial charge in [0.05, 0.1) is 4.83 Å². The predicted octanol–water partition coefficient (Wildman–Crippen LogP) is 2.92. The second-order valence-electron chi connectivity index (χ2n) is 2.50. The van der Waals surface area contributed by atoms with Crippen molar-refractivity contribution in [3.05, 3.63) is 0 Å². The summed E-state index contributed by atoms with van der Waals surface area (Å²) >= 11 is 3.26. The van der Waals surface area contributed by atoms with Crippen molar-refractivity contribution in [2.24, 2.45) is 0 Å². The van der Waals surface area contributed by atoms with Crippen molar-refractivity contribution < 1.29 is 4.79 Å². The van der Waals surface area contributed by atoms with Crippen molar-refractivity contribution in [2.45, 2.75) is 43.9 Å². The lowest BCUT2D eigenvalue weighted by Gasteiger charge is -1.99. The number of alkyl halides is 1. The van der Waals surface area contributed by atoms with E-state index in [1.54, 1.807) is 0 Å². The van der Waals surface area contributed by atoms with Gasteiger partial charge in [0.2, 0.25) is 0 Å². The highest BCUT2D eigenvalue weighted by Gasteiger charge is 1.99. The Kier molecular flexibility index (Phi) is 7.37. The van der Waals surface area contributed by atoms with Gasteiger partial charge in [-0.15, -0.1) is 0 Å². The van der Waals surface area contributed by atoms with Gasteiger partial charge in [-0.05, 0) is 6.42 Å². The van der Waals surface area contributed by atoms with Gasteiger partial charge in [-0.25, -0.2) is 0 Å². The van der Waals surface area contributed by atoms with Crippen LogP contribution in [-0.4, -0.2) is 11.1 Å². The first-order chi connectivity index (χ1) is 4.81. The summed E-state index contributed by atoms with van der Waals surface area (Å²) in [5.41, 5.74) is 0. The molecule has 2 heteroatoms. The number of aldehydes is 1. The highest BCUT2D eigenvalue weighted by molar-refractivity contribution is 9.09. The highest BCUT2D eigenvalue weighted by Crippen LogP contribution is 2.09. The molecule has 0 fully saturated rings. The number of unbranched alkanes of at least 4 members (excludes halogenated alkanes) is 3. The van der Waals surface area contributed by atoms with Gasteiger partial charge >= 0.3 is 0 Å². The molecule has 0 spiro atoms. The third-order valence-electron chi connectivity index (χ3n) is 1.48. The zero-order valence-corrected chi connectivity index (χ0v) is 8.06. The summed E-state index contributed by atoms with van der Waals surface area (Å²) in [7, 11) is 0. The average molecular weight is 207 g/mol. The fraction of sp³-hybridized carbons (Fsp3) is 0.875. The molecule has 0 saturated heterocycles. The standard InChI is InChI=1S/C8H15BrO/c1-2-3-4-5-6-8(9)7-10/h7-8H,2-6H2,1H3/t8-/m0/s1. The van der Waals surface area contributed by atoms with Crippen LogP contribution >= 0.6 is 15.9 Å². The van der Waals surface area contributed by atoms with Crippen LogP contribution in [0.2, 0.25) is 0 Å². The first-order valence-corrected chi connectivity index (χ1v) is 4.82. The Hall–Kier alpha value is 0.150. The topological polar surface area (TPSA) is 17.1 Å². The molecule has 0 radical (unpaired) electrons. The monoisotopic (exact) mass is 206 g/mol. The van der Waals surface area contributed by atoms with E-state index in [-0.39, 0.29) is 4.83 Å². The van der Waals surface area contributed by atoms with Crippen molar-refractivity contribution in [1.29, 1.82) is 0 Å². The maximum atomic E-state index is 10.1. The summed E-state index contributed by atoms with van der Waals surface area (Å²) in [6.45, 7) is 2.19. The Morgan fingerprint density at radius 1 is 1.40 bits per heavy atom. The van der Waals surface area contributed by atoms with E-state index in [4.69, 9.17) is 0 Å². The molecule has 0 unspecified atom stereocenters. The van der Waals surface area contributed by atoms with E-state index in [0.717, 1.165) is 12.7 Å². The number of hydrogen-bond donors (Lipinski definition) is 0. The van der Waals surface area contributed by atoms with Crippen LogP contribution in [0.3, 0.4) is 0 Å². The lowest BCUT2D eigenvalue weighted by atomic mass is 10.1. The predicted molar refractivity (Wildman–Crippen MR) is 47.5 cm³/mol. The van der Waals surface area contributed by atoms with Crippen molar-refractivity contribution >= 4 is 22.2 Å². The van der Waals surface area contributed by atoms with Gasteiger partial charge < -0.3 is 4.79 Å². The summed E-state index contributed by atoms with van der Waals surface area (Å²) in [6, 6.07) is 0. The summed E-state index contributed by atoms with van der Waals surface area (Å²) < 4.78 is 0. The molecule has 0 aromatic heterocycles. The van der Waals surface area contributed by atoms with E-state index in [1.807, 2.05) is 0 Å². The first-order valence-electron chi connectivity index (χ1n) is 3.90. The van der Waals surface area contributed by atoms with Gasteiger partial charge in [-0.2, -0.15) is 0 Å². The second kappa shape index (κ2) is 7.26. The molecule has 0 bridgehead atoms. The summed E-state index contributed by atoms with van der Waals surface area (Å²) in [6.07, 6.45) is 6.93. The number of rotatable bonds is 6. The number of carbonyl (C=O) groups is 1. The largest absolute Gasteiger partial charge is 0.302 e. The summed E-state index contributed by atoms with van der Waals surface area (Å²) in [5.74, 6) is 0. The van der Waals surface area contributed by atoms with E-state index in [2.05, 4.69) is 22.9 Å². The molecule has 0 aliphatic rings. The van der Waals surface area contributed by atoms with Gasteiger partial charge in [0.15, 0.2) is 0 Å². The molecule has 0 heterocycles. The number of halogens is 1. The van der Waals surface area contributed by atoms with Crippen molar-refractivity contribution in [2.75, 3.05) is 0 Å². The third-order valence-corrected chi connectivity index (χ3v) is 2.15. The fourth-order valence-corrected chi connectivity index (χ4v) is 1.16. The quantitative estimate of drug-likeness (QED) is 0.371. The second-order valence-corrected chi connectivity index (χ2v) is 3.68. The Morgan fingerprint density at radius 3 is 2.60 bits per heavy atom. The van der Waals surface area contributed by atoms with Crippen LogP contribution < -0.4 is 0 Å². The minimum Gasteiger partial charge on any atom is -0.302 e. The number of carbonyl (C=O) groups excluding carboxylic acids is 1. The van der Waals surface area contributed by atoms with Crippen LogP contribution in [0.1, 0.15) is 39.0 Å². The minimum absolute atomic E-state index is 0.0874. The Morgan fingerprint density at radius 2 is 2.10 bits per heavy atom. The molecule has 1 nitrogen and oxygen atoms in total. The van der Waals surface area contributed by atoms with Crippen LogP contribution in [0.4, 0.5) is 0 Å². The first kappa shape index (κ1) is 10.2. The van der Waals surface area contributed by atoms with Crippen molar-refractivity contribution in [1.82, 2.24) is 0 Å². The van der Waals surface area contributed by atoms with E-state index < -0.39 is 0 Å². The Balaban J connectivity index is 2.95. The molecule has 0 aliphatic carbocycles. The van der Waals surface area contributed by atoms with Crippen LogP contribution in [0.15, 0.2) is 0 Å². The van der Waals surface area contributed by atoms with Crippen LogP contribution in [0.25, 0.3) is 0 Å². The van der Waals surface area contributed by atoms with Gasteiger partial charge in [-0.1, -0.05) is 48.5 Å². The Bertz CT molecular complexity index is 83.3. The van der Waals surface area contributed by atoms with Crippen LogP contribution in [-0.2, 0) is 4.79 Å². The normalized spacial score (nSPS) is 13.0. The average Bonchev–Trinajstić information content (AvgIpc) is 1.98. The highest BCUT2D eigenvalue weighted by atomic mass is 79.9. The Labute approximate surface area is 71.3 Å². The minimum atomic E-state index is 0.0874. The van der Waals surface area contributed by atoms with E-state index in [1.165, 1.54) is 25.7 Å². The van der Waals surface area contributed by atoms with E-state index >= 15 is 0 Å². The molecule has 60 valence electrons. The molecule has 10 heavy (non-hydrogen) atoms. The van der Waals surface area contributed by atoms with Crippen molar-refractivity contribution in [3.8, 4) is 0 Å². The molecule has 0 amide bonds. The molecule has 0 aromatic carbocycles. The van der Waals surface area contributed by atoms with Gasteiger partial charge in [0.25, 0.3) is 0 Å². The summed E-state index contributed by atoms with van der Waals surface area (Å²) in [5, 5.41) is 0. The molecule has 0 aliphatic heterocycles. The third kappa shape index (κ3) is 6.27. The smallest absolute Gasteiger partial charge is 0.133 e. The van der Waals surface area contributed by atoms with Crippen LogP contribution in [0, 0.1) is 0 Å². The number of hydrogen-bond acceptors (Lipinski definition) is 1. The van der Waals surface area contributed by atoms with E-state index in [0.29, 0.717) is 0 Å². The maximum absolute atomic E-state index is 10.1. The van der Waals surface area contributed by atoms with Gasteiger partial charge in [0, 0.05) is 0 Å². The molecule has 1 atom stereocenters. The molecule has 0 rings (SSSR count). The maximum Gasteiger partial charge on any atom is 0.133 e. The SMILES string of the molecule is CCCCCC[C@H](Br)C=O. The zero-order valence-electron chi connectivity index (χ0n) is 6.48. The van der Waals surface area contributed by atoms with E-state index in [9.17, 15) is 4.79 Å². The molecular weight excluding hydrogens is 192 g/mol. The zero-order chi connectivity index (χ0) is 7.82.